The van der Waals surface area contributed by atoms with E-state index in [-0.39, 0.29) is 25.2 Å². The summed E-state index contributed by atoms with van der Waals surface area (Å²) in [6.45, 7) is -0.220. The van der Waals surface area contributed by atoms with Crippen molar-refractivity contribution in [1.29, 1.82) is 0 Å². The van der Waals surface area contributed by atoms with Gasteiger partial charge < -0.3 is 25.1 Å². The first-order chi connectivity index (χ1) is 15.5. The molecule has 0 radical (unpaired) electrons. The monoisotopic (exact) mass is 435 g/mol. The molecule has 0 spiro atoms. The summed E-state index contributed by atoms with van der Waals surface area (Å²) in [5.74, 6) is -0.984. The number of ether oxygens (including phenoxy) is 1. The maximum absolute atomic E-state index is 15.3. The maximum atomic E-state index is 15.3. The number of benzene rings is 3. The van der Waals surface area contributed by atoms with Crippen LogP contribution in [0.4, 0.5) is 4.39 Å². The number of rotatable bonds is 8. The van der Waals surface area contributed by atoms with Gasteiger partial charge in [0.05, 0.1) is 25.3 Å². The molecule has 0 aliphatic rings. The van der Waals surface area contributed by atoms with Gasteiger partial charge >= 0.3 is 5.97 Å². The molecule has 4 aromatic rings. The van der Waals surface area contributed by atoms with Crippen LogP contribution in [0.1, 0.15) is 22.7 Å². The molecule has 7 heteroatoms. The van der Waals surface area contributed by atoms with Crippen LogP contribution < -0.4 is 10.5 Å². The number of carboxylic acids is 1. The van der Waals surface area contributed by atoms with Gasteiger partial charge in [-0.1, -0.05) is 36.4 Å². The van der Waals surface area contributed by atoms with Gasteiger partial charge in [-0.05, 0) is 29.8 Å². The molecule has 32 heavy (non-hydrogen) atoms. The quantitative estimate of drug-likeness (QED) is 0.378. The van der Waals surface area contributed by atoms with Gasteiger partial charge in [-0.2, -0.15) is 0 Å². The van der Waals surface area contributed by atoms with Gasteiger partial charge in [-0.3, -0.25) is 4.79 Å². The highest BCUT2D eigenvalue weighted by atomic mass is 19.1. The summed E-state index contributed by atoms with van der Waals surface area (Å²) in [4.78, 5) is 11.1. The summed E-state index contributed by atoms with van der Waals surface area (Å²) < 4.78 is 26.8. The molecule has 0 aliphatic heterocycles. The third-order valence-corrected chi connectivity index (χ3v) is 5.23. The van der Waals surface area contributed by atoms with Crippen LogP contribution in [0.15, 0.2) is 71.3 Å². The van der Waals surface area contributed by atoms with Crippen molar-refractivity contribution >= 4 is 16.9 Å². The average molecular weight is 435 g/mol. The lowest BCUT2D eigenvalue weighted by atomic mass is 9.96. The molecule has 0 amide bonds. The van der Waals surface area contributed by atoms with Crippen LogP contribution in [-0.2, 0) is 17.8 Å². The summed E-state index contributed by atoms with van der Waals surface area (Å²) in [5, 5.41) is 19.2. The number of aliphatic hydroxyl groups excluding tert-OH is 1. The Kier molecular flexibility index (Phi) is 6.20. The molecule has 0 fully saturated rings. The molecule has 3 aromatic carbocycles. The van der Waals surface area contributed by atoms with Gasteiger partial charge in [0, 0.05) is 27.6 Å². The Morgan fingerprint density at radius 3 is 2.69 bits per heavy atom. The zero-order valence-corrected chi connectivity index (χ0v) is 17.1. The minimum atomic E-state index is -0.945. The van der Waals surface area contributed by atoms with Gasteiger partial charge in [0.1, 0.15) is 23.8 Å². The van der Waals surface area contributed by atoms with Crippen LogP contribution in [0.5, 0.6) is 5.75 Å². The number of carboxylic acid groups (broad SMARTS) is 1. The zero-order valence-electron chi connectivity index (χ0n) is 17.1. The number of para-hydroxylation sites is 1. The first-order valence-electron chi connectivity index (χ1n) is 10.1. The van der Waals surface area contributed by atoms with E-state index in [1.807, 2.05) is 6.07 Å². The van der Waals surface area contributed by atoms with E-state index in [9.17, 15) is 9.90 Å². The van der Waals surface area contributed by atoms with E-state index >= 15 is 4.39 Å². The summed E-state index contributed by atoms with van der Waals surface area (Å²) in [6.07, 6.45) is 1.38. The second kappa shape index (κ2) is 9.21. The smallest absolute Gasteiger partial charge is 0.307 e. The van der Waals surface area contributed by atoms with Crippen molar-refractivity contribution in [3.8, 4) is 16.9 Å². The number of halogens is 1. The molecule has 0 bridgehead atoms. The molecule has 4 N–H and O–H groups in total. The minimum Gasteiger partial charge on any atom is -0.489 e. The van der Waals surface area contributed by atoms with E-state index < -0.39 is 17.8 Å². The number of nitrogens with two attached hydrogens (primary N) is 1. The van der Waals surface area contributed by atoms with Gasteiger partial charge in [0.2, 0.25) is 0 Å². The number of aliphatic hydroxyl groups is 1. The maximum Gasteiger partial charge on any atom is 0.307 e. The molecule has 0 saturated carbocycles. The minimum absolute atomic E-state index is 0.148. The molecule has 164 valence electrons. The van der Waals surface area contributed by atoms with E-state index in [1.165, 1.54) is 6.26 Å². The average Bonchev–Trinajstić information content (AvgIpc) is 3.26. The van der Waals surface area contributed by atoms with Crippen LogP contribution in [0.2, 0.25) is 0 Å². The molecule has 1 unspecified atom stereocenters. The fourth-order valence-electron chi connectivity index (χ4n) is 3.68. The van der Waals surface area contributed by atoms with Gasteiger partial charge in [0.15, 0.2) is 0 Å². The fourth-order valence-corrected chi connectivity index (χ4v) is 3.68. The Morgan fingerprint density at radius 2 is 1.91 bits per heavy atom. The van der Waals surface area contributed by atoms with E-state index in [0.29, 0.717) is 28.0 Å². The van der Waals surface area contributed by atoms with Crippen LogP contribution >= 0.6 is 0 Å². The topological polar surface area (TPSA) is 106 Å². The van der Waals surface area contributed by atoms with Gasteiger partial charge in [-0.25, -0.2) is 4.39 Å². The third-order valence-electron chi connectivity index (χ3n) is 5.23. The van der Waals surface area contributed by atoms with E-state index in [0.717, 1.165) is 10.9 Å². The molecule has 4 rings (SSSR count). The van der Waals surface area contributed by atoms with Crippen molar-refractivity contribution in [2.75, 3.05) is 6.61 Å². The molecule has 0 saturated heterocycles. The van der Waals surface area contributed by atoms with Gasteiger partial charge in [-0.15, -0.1) is 0 Å². The predicted octanol–water partition coefficient (Wildman–Crippen LogP) is 4.44. The van der Waals surface area contributed by atoms with Crippen LogP contribution in [0.25, 0.3) is 22.1 Å². The van der Waals surface area contributed by atoms with Crippen molar-refractivity contribution in [3.63, 3.8) is 0 Å². The number of furan rings is 1. The number of hydrogen-bond donors (Lipinski definition) is 3. The van der Waals surface area contributed by atoms with E-state index in [2.05, 4.69) is 0 Å². The van der Waals surface area contributed by atoms with Crippen molar-refractivity contribution in [2.24, 2.45) is 5.73 Å². The van der Waals surface area contributed by atoms with Crippen LogP contribution in [0.3, 0.4) is 0 Å². The highest BCUT2D eigenvalue weighted by Crippen LogP contribution is 2.35. The molecular weight excluding hydrogens is 413 g/mol. The lowest BCUT2D eigenvalue weighted by Crippen LogP contribution is -2.16. The molecule has 0 aliphatic carbocycles. The summed E-state index contributed by atoms with van der Waals surface area (Å²) in [5.41, 5.74) is 8.76. The Morgan fingerprint density at radius 1 is 1.09 bits per heavy atom. The molecule has 1 atom stereocenters. The SMILES string of the molecule is NC(CO)c1cccc(-c2cc(COc3ccccc3CC(=O)O)cc3ccoc23)c1F. The largest absolute Gasteiger partial charge is 0.489 e. The van der Waals surface area contributed by atoms with Crippen molar-refractivity contribution in [1.82, 2.24) is 0 Å². The third kappa shape index (κ3) is 4.34. The Labute approximate surface area is 183 Å². The van der Waals surface area contributed by atoms with Gasteiger partial charge in [0.25, 0.3) is 0 Å². The summed E-state index contributed by atoms with van der Waals surface area (Å²) >= 11 is 0. The number of aliphatic carboxylic acids is 1. The molecule has 1 aromatic heterocycles. The second-order valence-electron chi connectivity index (χ2n) is 7.45. The highest BCUT2D eigenvalue weighted by molar-refractivity contribution is 5.93. The Hall–Kier alpha value is -3.68. The Bertz CT molecular complexity index is 1270. The fraction of sp³-hybridized carbons (Fsp3) is 0.160. The van der Waals surface area contributed by atoms with Crippen molar-refractivity contribution in [2.45, 2.75) is 19.1 Å². The highest BCUT2D eigenvalue weighted by Gasteiger charge is 2.18. The molecule has 6 nitrogen and oxygen atoms in total. The summed E-state index contributed by atoms with van der Waals surface area (Å²) in [6, 6.07) is 16.4. The number of fused-ring (bicyclic) bond motifs is 1. The van der Waals surface area contributed by atoms with Crippen molar-refractivity contribution < 1.29 is 28.6 Å². The molecular formula is C25H22FNO5. The van der Waals surface area contributed by atoms with E-state index in [4.69, 9.17) is 20.0 Å². The molecule has 1 heterocycles. The normalized spacial score (nSPS) is 12.1. The van der Waals surface area contributed by atoms with E-state index in [1.54, 1.807) is 54.6 Å². The Balaban J connectivity index is 1.71. The number of hydrogen-bond acceptors (Lipinski definition) is 5. The predicted molar refractivity (Wildman–Crippen MR) is 118 cm³/mol. The first kappa shape index (κ1) is 21.5. The second-order valence-corrected chi connectivity index (χ2v) is 7.45. The number of carbonyl (C=O) groups is 1. The standard InChI is InChI=1S/C25H22FNO5/c26-24-18(5-3-6-19(24)21(27)13-28)20-11-15(10-17-8-9-31-25(17)20)14-32-22-7-2-1-4-16(22)12-23(29)30/h1-11,21,28H,12-14,27H2,(H,29,30). The zero-order chi connectivity index (χ0) is 22.7. The van der Waals surface area contributed by atoms with Crippen LogP contribution in [-0.4, -0.2) is 22.8 Å². The first-order valence-corrected chi connectivity index (χ1v) is 10.1. The lowest BCUT2D eigenvalue weighted by molar-refractivity contribution is -0.136. The lowest BCUT2D eigenvalue weighted by Gasteiger charge is -2.15. The summed E-state index contributed by atoms with van der Waals surface area (Å²) in [7, 11) is 0. The van der Waals surface area contributed by atoms with Crippen molar-refractivity contribution in [3.05, 3.63) is 89.4 Å². The van der Waals surface area contributed by atoms with Crippen LogP contribution in [0, 0.1) is 5.82 Å².